The number of piperidine rings is 1. The van der Waals surface area contributed by atoms with Crippen molar-refractivity contribution in [1.82, 2.24) is 19.6 Å². The molecule has 3 heterocycles. The largest absolute Gasteiger partial charge is 0.380 e. The van der Waals surface area contributed by atoms with E-state index in [1.165, 1.54) is 6.33 Å². The van der Waals surface area contributed by atoms with Crippen LogP contribution in [0, 0.1) is 0 Å². The number of anilines is 1. The molecular formula is C11H14ClN5O. The topological polar surface area (TPSA) is 55.5 Å². The highest BCUT2D eigenvalue weighted by molar-refractivity contribution is 6.29. The van der Waals surface area contributed by atoms with Crippen molar-refractivity contribution in [3.05, 3.63) is 17.5 Å². The first-order chi connectivity index (χ1) is 8.78. The van der Waals surface area contributed by atoms with Gasteiger partial charge in [-0.05, 0) is 12.8 Å². The molecule has 1 aliphatic heterocycles. The number of aromatic nitrogens is 4. The number of nitrogens with zero attached hydrogens (tertiary/aromatic N) is 5. The zero-order valence-corrected chi connectivity index (χ0v) is 10.8. The Hall–Kier alpha value is -1.40. The van der Waals surface area contributed by atoms with Crippen molar-refractivity contribution < 1.29 is 4.74 Å². The van der Waals surface area contributed by atoms with E-state index in [2.05, 4.69) is 20.0 Å². The van der Waals surface area contributed by atoms with Gasteiger partial charge in [0.25, 0.3) is 5.78 Å². The predicted octanol–water partition coefficient (Wildman–Crippen LogP) is 1.39. The van der Waals surface area contributed by atoms with Crippen molar-refractivity contribution in [1.29, 1.82) is 0 Å². The van der Waals surface area contributed by atoms with Gasteiger partial charge in [-0.3, -0.25) is 0 Å². The Morgan fingerprint density at radius 2 is 2.39 bits per heavy atom. The van der Waals surface area contributed by atoms with Crippen molar-refractivity contribution in [3.8, 4) is 0 Å². The average molecular weight is 268 g/mol. The maximum absolute atomic E-state index is 6.02. The third kappa shape index (κ3) is 2.02. The molecule has 96 valence electrons. The molecule has 2 aromatic heterocycles. The van der Waals surface area contributed by atoms with Crippen LogP contribution in [0.15, 0.2) is 12.4 Å². The first kappa shape index (κ1) is 11.7. The molecule has 0 bridgehead atoms. The molecule has 0 radical (unpaired) electrons. The van der Waals surface area contributed by atoms with Crippen LogP contribution in [0.5, 0.6) is 0 Å². The summed E-state index contributed by atoms with van der Waals surface area (Å²) in [5.74, 6) is 1.45. The molecule has 18 heavy (non-hydrogen) atoms. The SMILES string of the molecule is COC1CCCN(c2cc(Cl)nc3ncnn23)C1. The minimum Gasteiger partial charge on any atom is -0.380 e. The quantitative estimate of drug-likeness (QED) is 0.770. The van der Waals surface area contributed by atoms with Gasteiger partial charge in [-0.1, -0.05) is 11.6 Å². The van der Waals surface area contributed by atoms with E-state index < -0.39 is 0 Å². The normalized spacial score (nSPS) is 20.6. The van der Waals surface area contributed by atoms with Crippen LogP contribution >= 0.6 is 11.6 Å². The molecule has 7 heteroatoms. The summed E-state index contributed by atoms with van der Waals surface area (Å²) < 4.78 is 7.14. The van der Waals surface area contributed by atoms with Gasteiger partial charge in [-0.25, -0.2) is 0 Å². The van der Waals surface area contributed by atoms with E-state index >= 15 is 0 Å². The van der Waals surface area contributed by atoms with E-state index in [9.17, 15) is 0 Å². The van der Waals surface area contributed by atoms with Gasteiger partial charge in [-0.15, -0.1) is 0 Å². The van der Waals surface area contributed by atoms with Crippen LogP contribution < -0.4 is 4.90 Å². The zero-order chi connectivity index (χ0) is 12.5. The summed E-state index contributed by atoms with van der Waals surface area (Å²) in [5, 5.41) is 4.62. The molecule has 1 unspecified atom stereocenters. The van der Waals surface area contributed by atoms with Crippen molar-refractivity contribution in [3.63, 3.8) is 0 Å². The summed E-state index contributed by atoms with van der Waals surface area (Å²) in [6.07, 6.45) is 3.92. The highest BCUT2D eigenvalue weighted by Crippen LogP contribution is 2.23. The fourth-order valence-corrected chi connectivity index (χ4v) is 2.51. The van der Waals surface area contributed by atoms with Gasteiger partial charge in [0.1, 0.15) is 17.3 Å². The number of hydrogen-bond acceptors (Lipinski definition) is 5. The lowest BCUT2D eigenvalue weighted by molar-refractivity contribution is 0.0890. The summed E-state index contributed by atoms with van der Waals surface area (Å²) >= 11 is 6.02. The molecule has 0 aliphatic carbocycles. The van der Waals surface area contributed by atoms with E-state index in [0.29, 0.717) is 10.9 Å². The average Bonchev–Trinajstić information content (AvgIpc) is 2.85. The van der Waals surface area contributed by atoms with Gasteiger partial charge in [0.2, 0.25) is 0 Å². The standard InChI is InChI=1S/C11H14ClN5O/c1-18-8-3-2-4-16(6-8)10-5-9(12)15-11-13-7-14-17(10)11/h5,7-8H,2-4,6H2,1H3. The highest BCUT2D eigenvalue weighted by Gasteiger charge is 2.22. The van der Waals surface area contributed by atoms with Gasteiger partial charge in [0, 0.05) is 26.3 Å². The second kappa shape index (κ2) is 4.70. The fourth-order valence-electron chi connectivity index (χ4n) is 2.33. The Bertz CT molecular complexity index is 557. The first-order valence-corrected chi connectivity index (χ1v) is 6.30. The lowest BCUT2D eigenvalue weighted by Crippen LogP contribution is -2.40. The molecular weight excluding hydrogens is 254 g/mol. The first-order valence-electron chi connectivity index (χ1n) is 5.92. The summed E-state index contributed by atoms with van der Waals surface area (Å²) in [6, 6.07) is 1.82. The Balaban J connectivity index is 2.00. The van der Waals surface area contributed by atoms with Crippen LogP contribution in [0.1, 0.15) is 12.8 Å². The molecule has 0 spiro atoms. The summed E-state index contributed by atoms with van der Waals surface area (Å²) in [6.45, 7) is 1.81. The summed E-state index contributed by atoms with van der Waals surface area (Å²) in [4.78, 5) is 10.4. The minimum atomic E-state index is 0.254. The van der Waals surface area contributed by atoms with Gasteiger partial charge in [0.15, 0.2) is 0 Å². The molecule has 0 amide bonds. The molecule has 3 rings (SSSR count). The summed E-state index contributed by atoms with van der Waals surface area (Å²) in [7, 11) is 1.75. The van der Waals surface area contributed by atoms with Crippen molar-refractivity contribution in [2.75, 3.05) is 25.1 Å². The Kier molecular flexibility index (Phi) is 3.05. The highest BCUT2D eigenvalue weighted by atomic mass is 35.5. The van der Waals surface area contributed by atoms with Gasteiger partial charge >= 0.3 is 0 Å². The molecule has 0 N–H and O–H groups in total. The van der Waals surface area contributed by atoms with Gasteiger partial charge in [-0.2, -0.15) is 19.6 Å². The maximum atomic E-state index is 6.02. The van der Waals surface area contributed by atoms with Crippen LogP contribution in [-0.2, 0) is 4.74 Å². The Morgan fingerprint density at radius 1 is 1.50 bits per heavy atom. The fraction of sp³-hybridized carbons (Fsp3) is 0.545. The molecule has 1 atom stereocenters. The number of ether oxygens (including phenoxy) is 1. The molecule has 1 fully saturated rings. The second-order valence-electron chi connectivity index (χ2n) is 4.35. The number of hydrogen-bond donors (Lipinski definition) is 0. The zero-order valence-electron chi connectivity index (χ0n) is 10.1. The van der Waals surface area contributed by atoms with Crippen molar-refractivity contribution in [2.45, 2.75) is 18.9 Å². The van der Waals surface area contributed by atoms with Crippen LogP contribution in [0.2, 0.25) is 5.15 Å². The number of fused-ring (bicyclic) bond motifs is 1. The minimum absolute atomic E-state index is 0.254. The number of methoxy groups -OCH3 is 1. The number of halogens is 1. The second-order valence-corrected chi connectivity index (χ2v) is 4.74. The van der Waals surface area contributed by atoms with Crippen LogP contribution in [0.3, 0.4) is 0 Å². The van der Waals surface area contributed by atoms with E-state index in [4.69, 9.17) is 16.3 Å². The van der Waals surface area contributed by atoms with Crippen molar-refractivity contribution >= 4 is 23.2 Å². The van der Waals surface area contributed by atoms with Gasteiger partial charge < -0.3 is 9.64 Å². The smallest absolute Gasteiger partial charge is 0.255 e. The monoisotopic (exact) mass is 267 g/mol. The molecule has 1 aliphatic rings. The molecule has 0 aromatic carbocycles. The number of rotatable bonds is 2. The van der Waals surface area contributed by atoms with E-state index in [1.54, 1.807) is 11.6 Å². The van der Waals surface area contributed by atoms with Crippen molar-refractivity contribution in [2.24, 2.45) is 0 Å². The van der Waals surface area contributed by atoms with Gasteiger partial charge in [0.05, 0.1) is 6.10 Å². The Morgan fingerprint density at radius 3 is 3.22 bits per heavy atom. The predicted molar refractivity (Wildman–Crippen MR) is 68.0 cm³/mol. The third-order valence-corrected chi connectivity index (χ3v) is 3.43. The third-order valence-electron chi connectivity index (χ3n) is 3.24. The molecule has 1 saturated heterocycles. The van der Waals surface area contributed by atoms with E-state index in [0.717, 1.165) is 31.7 Å². The van der Waals surface area contributed by atoms with Crippen LogP contribution in [0.4, 0.5) is 5.82 Å². The lowest BCUT2D eigenvalue weighted by Gasteiger charge is -2.33. The van der Waals surface area contributed by atoms with E-state index in [1.807, 2.05) is 6.07 Å². The van der Waals surface area contributed by atoms with Crippen LogP contribution in [-0.4, -0.2) is 45.9 Å². The maximum Gasteiger partial charge on any atom is 0.255 e. The molecule has 6 nitrogen and oxygen atoms in total. The van der Waals surface area contributed by atoms with E-state index in [-0.39, 0.29) is 6.10 Å². The molecule has 0 saturated carbocycles. The lowest BCUT2D eigenvalue weighted by atomic mass is 10.1. The molecule has 2 aromatic rings. The summed E-state index contributed by atoms with van der Waals surface area (Å²) in [5.41, 5.74) is 0. The Labute approximate surface area is 110 Å². The van der Waals surface area contributed by atoms with Crippen LogP contribution in [0.25, 0.3) is 5.78 Å².